The Balaban J connectivity index is 1.08. The molecule has 0 aromatic carbocycles. The molecule has 8 rings (SSSR count). The van der Waals surface area contributed by atoms with E-state index in [0.29, 0.717) is 49.2 Å². The van der Waals surface area contributed by atoms with Crippen LogP contribution in [0.4, 0.5) is 0 Å². The minimum absolute atomic E-state index is 0.0242. The summed E-state index contributed by atoms with van der Waals surface area (Å²) in [7, 11) is 3.23. The summed E-state index contributed by atoms with van der Waals surface area (Å²) in [4.78, 5) is 14.4. The highest BCUT2D eigenvalue weighted by Gasteiger charge is 2.60. The fraction of sp³-hybridized carbons (Fsp3) is 0.780. The van der Waals surface area contributed by atoms with Gasteiger partial charge in [-0.3, -0.25) is 4.79 Å². The molecule has 8 aliphatic rings. The largest absolute Gasteiger partial charge is 0.462 e. The van der Waals surface area contributed by atoms with E-state index in [2.05, 4.69) is 32.9 Å². The summed E-state index contributed by atoms with van der Waals surface area (Å²) < 4.78 is 64.1. The molecule has 6 heterocycles. The van der Waals surface area contributed by atoms with Gasteiger partial charge in [0.05, 0.1) is 49.3 Å². The molecule has 1 saturated carbocycles. The second-order valence-corrected chi connectivity index (χ2v) is 20.0. The number of ether oxygens (including phenoxy) is 10. The lowest BCUT2D eigenvalue weighted by Crippen LogP contribution is -2.58. The number of allylic oxidation sites excluding steroid dienone is 2. The van der Waals surface area contributed by atoms with Gasteiger partial charge in [-0.05, 0) is 75.7 Å². The van der Waals surface area contributed by atoms with Crippen molar-refractivity contribution in [2.45, 2.75) is 203 Å². The van der Waals surface area contributed by atoms with Gasteiger partial charge in [0.1, 0.15) is 42.0 Å². The van der Waals surface area contributed by atoms with E-state index < -0.39 is 90.8 Å². The first-order chi connectivity index (χ1) is 30.6. The molecule has 0 unspecified atom stereocenters. The van der Waals surface area contributed by atoms with Crippen molar-refractivity contribution in [3.63, 3.8) is 0 Å². The van der Waals surface area contributed by atoms with Crippen LogP contribution in [0.2, 0.25) is 0 Å². The van der Waals surface area contributed by atoms with Gasteiger partial charge in [-0.1, -0.05) is 69.6 Å². The van der Waals surface area contributed by atoms with Gasteiger partial charge >= 0.3 is 5.97 Å². The highest BCUT2D eigenvalue weighted by Crippen LogP contribution is 2.48. The lowest BCUT2D eigenvalue weighted by molar-refractivity contribution is -0.318. The quantitative estimate of drug-likeness (QED) is 0.204. The molecule has 1 spiro atoms. The standard InChI is InChI=1S/C50H74O14/c1-27-13-12-16-34-26-57-47-42(51)30(4)21-37(50(34,47)54)48(53)60-36-22-35(63-49(25-36)20-19-29(3)45(64-49)33-14-10-9-11-15-33)18-17-28(2)44(27)61-41-24-39(56-8)46(32(6)59-41)62-40-23-38(55-7)43(52)31(5)58-40/h12-13,16-17,19-21,27,29,31-33,35-47,51-52,54H,9-11,14-15,18,22-26H2,1-8H3/b13-12+,28-17+,34-16+/t27-,29-,31-,32-,35-,36-,37-,38-,39-,40+,41+,42+,43-,44-,45-,46-,47+,49+,50+/m0/s1. The molecule has 64 heavy (non-hydrogen) atoms. The average molecular weight is 899 g/mol. The van der Waals surface area contributed by atoms with Crippen molar-refractivity contribution in [3.05, 3.63) is 59.3 Å². The zero-order valence-electron chi connectivity index (χ0n) is 39.0. The fourth-order valence-corrected chi connectivity index (χ4v) is 11.7. The number of hydrogen-bond acceptors (Lipinski definition) is 14. The molecule has 3 N–H and O–H groups in total. The van der Waals surface area contributed by atoms with E-state index in [-0.39, 0.29) is 36.8 Å². The average Bonchev–Trinajstić information content (AvgIpc) is 3.62. The number of aliphatic hydroxyl groups excluding tert-OH is 2. The predicted molar refractivity (Wildman–Crippen MR) is 234 cm³/mol. The lowest BCUT2D eigenvalue weighted by Gasteiger charge is -2.49. The van der Waals surface area contributed by atoms with E-state index in [1.54, 1.807) is 40.2 Å². The smallest absolute Gasteiger partial charge is 0.316 e. The molecule has 4 saturated heterocycles. The highest BCUT2D eigenvalue weighted by atomic mass is 16.7. The Morgan fingerprint density at radius 3 is 2.28 bits per heavy atom. The molecule has 6 aliphatic heterocycles. The van der Waals surface area contributed by atoms with Crippen LogP contribution in [0.1, 0.15) is 106 Å². The number of carbonyl (C=O) groups excluding carboxylic acids is 1. The zero-order chi connectivity index (χ0) is 45.5. The molecule has 358 valence electrons. The number of rotatable bonds is 7. The van der Waals surface area contributed by atoms with Gasteiger partial charge in [-0.25, -0.2) is 0 Å². The first-order valence-electron chi connectivity index (χ1n) is 24.0. The van der Waals surface area contributed by atoms with Gasteiger partial charge in [0.25, 0.3) is 0 Å². The summed E-state index contributed by atoms with van der Waals surface area (Å²) in [6.45, 7) is 11.9. The maximum absolute atomic E-state index is 14.4. The second-order valence-electron chi connectivity index (χ2n) is 20.0. The molecule has 0 amide bonds. The topological polar surface area (TPSA) is 170 Å². The van der Waals surface area contributed by atoms with Crippen LogP contribution in [0.15, 0.2) is 59.3 Å². The van der Waals surface area contributed by atoms with E-state index in [1.165, 1.54) is 19.3 Å². The van der Waals surface area contributed by atoms with Gasteiger partial charge in [0.2, 0.25) is 0 Å². The Hall–Kier alpha value is -2.31. The van der Waals surface area contributed by atoms with E-state index in [4.69, 9.17) is 47.4 Å². The van der Waals surface area contributed by atoms with Gasteiger partial charge in [-0.15, -0.1) is 0 Å². The van der Waals surface area contributed by atoms with Gasteiger partial charge < -0.3 is 62.7 Å². The van der Waals surface area contributed by atoms with Gasteiger partial charge in [-0.2, -0.15) is 0 Å². The van der Waals surface area contributed by atoms with E-state index in [1.807, 2.05) is 25.2 Å². The van der Waals surface area contributed by atoms with Crippen molar-refractivity contribution in [2.75, 3.05) is 20.8 Å². The first-order valence-corrected chi connectivity index (χ1v) is 24.0. The van der Waals surface area contributed by atoms with Gasteiger partial charge in [0.15, 0.2) is 18.4 Å². The summed E-state index contributed by atoms with van der Waals surface area (Å²) in [6.07, 6.45) is 13.8. The number of aliphatic hydroxyl groups is 3. The van der Waals surface area contributed by atoms with Crippen LogP contribution >= 0.6 is 0 Å². The molecule has 0 radical (unpaired) electrons. The van der Waals surface area contributed by atoms with Crippen molar-refractivity contribution in [1.29, 1.82) is 0 Å². The van der Waals surface area contributed by atoms with Crippen molar-refractivity contribution in [3.8, 4) is 0 Å². The number of methoxy groups -OCH3 is 2. The summed E-state index contributed by atoms with van der Waals surface area (Å²) in [5.41, 5.74) is 0.166. The normalized spacial score (nSPS) is 49.2. The zero-order valence-corrected chi connectivity index (χ0v) is 39.0. The minimum Gasteiger partial charge on any atom is -0.462 e. The van der Waals surface area contributed by atoms with E-state index in [9.17, 15) is 20.1 Å². The maximum Gasteiger partial charge on any atom is 0.316 e. The molecular formula is C50H74O14. The molecule has 0 aromatic heterocycles. The highest BCUT2D eigenvalue weighted by molar-refractivity contribution is 5.78. The van der Waals surface area contributed by atoms with Crippen LogP contribution in [0.5, 0.6) is 0 Å². The molecule has 5 fully saturated rings. The van der Waals surface area contributed by atoms with Crippen LogP contribution in [0.3, 0.4) is 0 Å². The third-order valence-corrected chi connectivity index (χ3v) is 15.4. The number of esters is 1. The summed E-state index contributed by atoms with van der Waals surface area (Å²) in [6, 6.07) is 0. The fourth-order valence-electron chi connectivity index (χ4n) is 11.7. The summed E-state index contributed by atoms with van der Waals surface area (Å²) in [5.74, 6) is -2.32. The van der Waals surface area contributed by atoms with E-state index in [0.717, 1.165) is 18.4 Å². The summed E-state index contributed by atoms with van der Waals surface area (Å²) in [5, 5.41) is 34.3. The van der Waals surface area contributed by atoms with E-state index >= 15 is 0 Å². The second kappa shape index (κ2) is 20.1. The third-order valence-electron chi connectivity index (χ3n) is 15.4. The molecule has 14 nitrogen and oxygen atoms in total. The maximum atomic E-state index is 14.4. The SMILES string of the molecule is CO[C@H]1C[C@@H](O[C@H]2[C@H](C)O[C@H](O[C@@H]3/C(C)=C/C[C@H]4C[C@@H](C[C@]5(C=C[C@H](C)[C@@H](C6CCCCC6)O5)O4)OC(=O)[C@@H]4C=C(C)[C@@H](O)[C@H]5OC/C(=C\C=C\[C@@H]3C)[C@]54O)C[C@@H]2OC)O[C@@H](C)[C@@H]1O. The van der Waals surface area contributed by atoms with Crippen molar-refractivity contribution < 1.29 is 67.5 Å². The molecule has 19 atom stereocenters. The monoisotopic (exact) mass is 899 g/mol. The van der Waals surface area contributed by atoms with Crippen LogP contribution in [-0.4, -0.2) is 139 Å². The van der Waals surface area contributed by atoms with Gasteiger partial charge in [0, 0.05) is 51.7 Å². The Bertz CT molecular complexity index is 1790. The Morgan fingerprint density at radius 1 is 0.812 bits per heavy atom. The lowest BCUT2D eigenvalue weighted by atomic mass is 9.71. The van der Waals surface area contributed by atoms with Crippen molar-refractivity contribution in [1.82, 2.24) is 0 Å². The predicted octanol–water partition coefficient (Wildman–Crippen LogP) is 5.91. The van der Waals surface area contributed by atoms with Crippen molar-refractivity contribution >= 4 is 5.97 Å². The first kappa shape index (κ1) is 48.2. The number of hydrogen-bond donors (Lipinski definition) is 3. The Kier molecular flexibility index (Phi) is 15.1. The molecule has 14 heteroatoms. The third kappa shape index (κ3) is 9.82. The molecule has 2 aliphatic carbocycles. The number of fused-ring (bicyclic) bond motifs is 2. The molecular weight excluding hydrogens is 825 g/mol. The van der Waals surface area contributed by atoms with Crippen LogP contribution in [0, 0.1) is 23.7 Å². The molecule has 0 aromatic rings. The van der Waals surface area contributed by atoms with Crippen LogP contribution in [0.25, 0.3) is 0 Å². The van der Waals surface area contributed by atoms with Crippen molar-refractivity contribution in [2.24, 2.45) is 23.7 Å². The Morgan fingerprint density at radius 2 is 1.53 bits per heavy atom. The molecule has 2 bridgehead atoms. The Labute approximate surface area is 379 Å². The van der Waals surface area contributed by atoms with Crippen LogP contribution in [-0.2, 0) is 52.2 Å². The van der Waals surface area contributed by atoms with Crippen LogP contribution < -0.4 is 0 Å². The summed E-state index contributed by atoms with van der Waals surface area (Å²) >= 11 is 0. The minimum atomic E-state index is -1.83. The number of carbonyl (C=O) groups is 1.